The first-order valence-electron chi connectivity index (χ1n) is 8.16. The molecule has 23 heavy (non-hydrogen) atoms. The number of hydrogen-bond donors (Lipinski definition) is 2. The van der Waals surface area contributed by atoms with Crippen LogP contribution in [-0.4, -0.2) is 68.8 Å². The fraction of sp³-hybridized carbons (Fsp3) is 0.588. The summed E-state index contributed by atoms with van der Waals surface area (Å²) in [5.74, 6) is 2.48. The Hall–Kier alpha value is -1.08. The van der Waals surface area contributed by atoms with E-state index in [0.717, 1.165) is 18.7 Å². The van der Waals surface area contributed by atoms with Crippen LogP contribution in [0.5, 0.6) is 0 Å². The van der Waals surface area contributed by atoms with Crippen LogP contribution < -0.4 is 10.6 Å². The van der Waals surface area contributed by atoms with Gasteiger partial charge in [-0.15, -0.1) is 0 Å². The van der Waals surface area contributed by atoms with Gasteiger partial charge in [0.25, 0.3) is 0 Å². The minimum atomic E-state index is -0.0281. The van der Waals surface area contributed by atoms with Crippen molar-refractivity contribution in [3.8, 4) is 0 Å². The second-order valence-corrected chi connectivity index (χ2v) is 6.84. The molecule has 2 rings (SSSR count). The number of thioether (sulfide) groups is 1. The number of amides is 1. The summed E-state index contributed by atoms with van der Waals surface area (Å²) in [6.45, 7) is 5.12. The lowest BCUT2D eigenvalue weighted by Crippen LogP contribution is -2.34. The maximum atomic E-state index is 11.8. The molecule has 1 saturated heterocycles. The fourth-order valence-corrected chi connectivity index (χ4v) is 3.43. The van der Waals surface area contributed by atoms with Crippen molar-refractivity contribution < 1.29 is 9.53 Å². The molecule has 0 aromatic heterocycles. The molecule has 6 heteroatoms. The van der Waals surface area contributed by atoms with Gasteiger partial charge < -0.3 is 20.3 Å². The van der Waals surface area contributed by atoms with Crippen LogP contribution >= 0.6 is 11.8 Å². The zero-order chi connectivity index (χ0) is 16.3. The molecule has 0 saturated carbocycles. The van der Waals surface area contributed by atoms with Gasteiger partial charge in [-0.2, -0.15) is 11.8 Å². The normalized spacial score (nSPS) is 15.5. The van der Waals surface area contributed by atoms with Gasteiger partial charge in [-0.1, -0.05) is 12.1 Å². The molecule has 0 aliphatic carbocycles. The molecule has 1 aliphatic heterocycles. The highest BCUT2D eigenvalue weighted by molar-refractivity contribution is 7.99. The van der Waals surface area contributed by atoms with Crippen molar-refractivity contribution in [1.82, 2.24) is 10.2 Å². The third kappa shape index (κ3) is 7.35. The summed E-state index contributed by atoms with van der Waals surface area (Å²) in [6.07, 6.45) is 1.07. The van der Waals surface area contributed by atoms with E-state index in [1.165, 1.54) is 30.2 Å². The Morgan fingerprint density at radius 3 is 2.70 bits per heavy atom. The molecule has 1 aliphatic rings. The predicted molar refractivity (Wildman–Crippen MR) is 97.3 cm³/mol. The number of rotatable bonds is 9. The first-order valence-corrected chi connectivity index (χ1v) is 9.32. The van der Waals surface area contributed by atoms with Crippen LogP contribution in [0.1, 0.15) is 5.56 Å². The zero-order valence-corrected chi connectivity index (χ0v) is 14.7. The molecule has 1 amide bonds. The molecule has 1 heterocycles. The van der Waals surface area contributed by atoms with Crippen molar-refractivity contribution in [1.29, 1.82) is 0 Å². The molecule has 0 spiro atoms. The van der Waals surface area contributed by atoms with Crippen LogP contribution in [0.25, 0.3) is 0 Å². The van der Waals surface area contributed by atoms with Gasteiger partial charge >= 0.3 is 0 Å². The van der Waals surface area contributed by atoms with E-state index >= 15 is 0 Å². The number of hydrogen-bond acceptors (Lipinski definition) is 5. The largest absolute Gasteiger partial charge is 0.383 e. The van der Waals surface area contributed by atoms with Gasteiger partial charge in [0.05, 0.1) is 13.2 Å². The lowest BCUT2D eigenvalue weighted by atomic mass is 10.1. The lowest BCUT2D eigenvalue weighted by molar-refractivity contribution is -0.115. The smallest absolute Gasteiger partial charge is 0.238 e. The van der Waals surface area contributed by atoms with E-state index in [1.54, 1.807) is 7.11 Å². The van der Waals surface area contributed by atoms with Crippen molar-refractivity contribution in [2.75, 3.05) is 63.3 Å². The Bertz CT molecular complexity index is 461. The number of nitrogens with zero attached hydrogens (tertiary/aromatic N) is 1. The van der Waals surface area contributed by atoms with Crippen molar-refractivity contribution >= 4 is 23.4 Å². The van der Waals surface area contributed by atoms with E-state index in [4.69, 9.17) is 4.74 Å². The number of benzene rings is 1. The summed E-state index contributed by atoms with van der Waals surface area (Å²) in [4.78, 5) is 14.3. The quantitative estimate of drug-likeness (QED) is 0.668. The van der Waals surface area contributed by atoms with Crippen LogP contribution in [0.2, 0.25) is 0 Å². The Balaban J connectivity index is 1.68. The number of carbonyl (C=O) groups is 1. The van der Waals surface area contributed by atoms with Crippen LogP contribution in [0.4, 0.5) is 5.69 Å². The highest BCUT2D eigenvalue weighted by atomic mass is 32.2. The van der Waals surface area contributed by atoms with E-state index in [2.05, 4.69) is 27.7 Å². The molecular weight excluding hydrogens is 310 g/mol. The zero-order valence-electron chi connectivity index (χ0n) is 13.8. The molecule has 2 N–H and O–H groups in total. The first kappa shape index (κ1) is 18.3. The summed E-state index contributed by atoms with van der Waals surface area (Å²) in [5.41, 5.74) is 2.17. The predicted octanol–water partition coefficient (Wildman–Crippen LogP) is 1.45. The van der Waals surface area contributed by atoms with E-state index in [9.17, 15) is 4.79 Å². The summed E-state index contributed by atoms with van der Waals surface area (Å²) in [6, 6.07) is 8.17. The molecule has 1 aromatic rings. The van der Waals surface area contributed by atoms with Gasteiger partial charge in [0.1, 0.15) is 0 Å². The number of methoxy groups -OCH3 is 1. The monoisotopic (exact) mass is 337 g/mol. The number of anilines is 1. The van der Waals surface area contributed by atoms with Crippen molar-refractivity contribution in [3.63, 3.8) is 0 Å². The lowest BCUT2D eigenvalue weighted by Gasteiger charge is -2.26. The fourth-order valence-electron chi connectivity index (χ4n) is 2.45. The Kier molecular flexibility index (Phi) is 8.46. The second-order valence-electron chi connectivity index (χ2n) is 5.62. The van der Waals surface area contributed by atoms with E-state index < -0.39 is 0 Å². The van der Waals surface area contributed by atoms with Crippen LogP contribution in [0, 0.1) is 0 Å². The Morgan fingerprint density at radius 2 is 2.00 bits per heavy atom. The van der Waals surface area contributed by atoms with Crippen molar-refractivity contribution in [2.45, 2.75) is 6.42 Å². The van der Waals surface area contributed by atoms with E-state index in [1.807, 2.05) is 23.9 Å². The molecule has 0 atom stereocenters. The van der Waals surface area contributed by atoms with Gasteiger partial charge in [-0.25, -0.2) is 0 Å². The van der Waals surface area contributed by atoms with E-state index in [-0.39, 0.29) is 5.91 Å². The highest BCUT2D eigenvalue weighted by Gasteiger charge is 2.09. The summed E-state index contributed by atoms with van der Waals surface area (Å²) in [7, 11) is 1.65. The Morgan fingerprint density at radius 1 is 1.26 bits per heavy atom. The van der Waals surface area contributed by atoms with Crippen molar-refractivity contribution in [3.05, 3.63) is 29.8 Å². The van der Waals surface area contributed by atoms with Crippen molar-refractivity contribution in [2.24, 2.45) is 0 Å². The van der Waals surface area contributed by atoms with Gasteiger partial charge in [-0.05, 0) is 24.1 Å². The minimum Gasteiger partial charge on any atom is -0.383 e. The average Bonchev–Trinajstić information content (AvgIpc) is 2.59. The molecule has 128 valence electrons. The molecule has 0 unspecified atom stereocenters. The molecule has 1 aromatic carbocycles. The average molecular weight is 337 g/mol. The third-order valence-corrected chi connectivity index (χ3v) is 4.77. The molecule has 1 fully saturated rings. The maximum absolute atomic E-state index is 11.8. The van der Waals surface area contributed by atoms with Gasteiger partial charge in [-0.3, -0.25) is 4.79 Å². The SMILES string of the molecule is COCCNCC(=O)Nc1ccc(CCN2CCSCC2)cc1. The van der Waals surface area contributed by atoms with Gasteiger partial charge in [0.15, 0.2) is 0 Å². The molecule has 5 nitrogen and oxygen atoms in total. The number of carbonyl (C=O) groups excluding carboxylic acids is 1. The van der Waals surface area contributed by atoms with Gasteiger partial charge in [0, 0.05) is 50.5 Å². The molecule has 0 bridgehead atoms. The maximum Gasteiger partial charge on any atom is 0.238 e. The van der Waals surface area contributed by atoms with E-state index in [0.29, 0.717) is 19.7 Å². The van der Waals surface area contributed by atoms with Crippen LogP contribution in [0.15, 0.2) is 24.3 Å². The highest BCUT2D eigenvalue weighted by Crippen LogP contribution is 2.12. The molecular formula is C17H27N3O2S. The van der Waals surface area contributed by atoms with Crippen LogP contribution in [0.3, 0.4) is 0 Å². The third-order valence-electron chi connectivity index (χ3n) is 3.83. The number of nitrogens with one attached hydrogen (secondary N) is 2. The summed E-state index contributed by atoms with van der Waals surface area (Å²) in [5, 5.41) is 5.93. The standard InChI is InChI=1S/C17H27N3O2S/c1-22-11-7-18-14-17(21)19-16-4-2-15(3-5-16)6-8-20-9-12-23-13-10-20/h2-5,18H,6-14H2,1H3,(H,19,21). The minimum absolute atomic E-state index is 0.0281. The topological polar surface area (TPSA) is 53.6 Å². The second kappa shape index (κ2) is 10.6. The number of ether oxygens (including phenoxy) is 1. The summed E-state index contributed by atoms with van der Waals surface area (Å²) >= 11 is 2.04. The summed E-state index contributed by atoms with van der Waals surface area (Å²) < 4.78 is 4.92. The van der Waals surface area contributed by atoms with Crippen LogP contribution in [-0.2, 0) is 16.0 Å². The molecule has 0 radical (unpaired) electrons. The first-order chi connectivity index (χ1) is 11.3. The Labute approximate surface area is 143 Å². The van der Waals surface area contributed by atoms with Gasteiger partial charge in [0.2, 0.25) is 5.91 Å².